The van der Waals surface area contributed by atoms with Gasteiger partial charge in [0.15, 0.2) is 0 Å². The third-order valence-electron chi connectivity index (χ3n) is 4.66. The Labute approximate surface area is 148 Å². The van der Waals surface area contributed by atoms with Gasteiger partial charge in [0.25, 0.3) is 0 Å². The molecule has 0 aliphatic carbocycles. The fourth-order valence-electron chi connectivity index (χ4n) is 3.32. The van der Waals surface area contributed by atoms with Crippen LogP contribution in [0.2, 0.25) is 0 Å². The topological polar surface area (TPSA) is 78.7 Å². The second-order valence-electron chi connectivity index (χ2n) is 6.34. The van der Waals surface area contributed by atoms with Gasteiger partial charge >= 0.3 is 6.03 Å². The molecule has 0 radical (unpaired) electrons. The molecule has 2 saturated heterocycles. The first kappa shape index (κ1) is 18.4. The van der Waals surface area contributed by atoms with E-state index in [1.807, 2.05) is 21.9 Å². The Morgan fingerprint density at radius 2 is 1.71 bits per heavy atom. The number of carbonyl (C=O) groups is 2. The van der Waals surface area contributed by atoms with Crippen LogP contribution in [-0.4, -0.2) is 47.9 Å². The fourth-order valence-corrected chi connectivity index (χ4v) is 3.32. The molecule has 6 nitrogen and oxygen atoms in total. The van der Waals surface area contributed by atoms with E-state index in [-0.39, 0.29) is 30.3 Å². The lowest BCUT2D eigenvalue weighted by atomic mass is 9.97. The van der Waals surface area contributed by atoms with Crippen molar-refractivity contribution in [2.24, 2.45) is 5.92 Å². The predicted octanol–water partition coefficient (Wildman–Crippen LogP) is 2.56. The molecule has 1 unspecified atom stereocenters. The minimum Gasteiger partial charge on any atom is -0.397 e. The molecule has 24 heavy (non-hydrogen) atoms. The molecule has 1 aromatic carbocycles. The zero-order valence-corrected chi connectivity index (χ0v) is 14.6. The first-order chi connectivity index (χ1) is 11.1. The maximum absolute atomic E-state index is 12.5. The number of anilines is 2. The van der Waals surface area contributed by atoms with Crippen molar-refractivity contribution in [3.63, 3.8) is 0 Å². The minimum absolute atomic E-state index is 0. The first-order valence-corrected chi connectivity index (χ1v) is 8.34. The smallest absolute Gasteiger partial charge is 0.320 e. The highest BCUT2D eigenvalue weighted by atomic mass is 35.5. The van der Waals surface area contributed by atoms with E-state index in [0.29, 0.717) is 17.9 Å². The number of para-hydroxylation sites is 2. The molecule has 1 atom stereocenters. The number of carbonyl (C=O) groups excluding carboxylic acids is 2. The number of rotatable bonds is 2. The average molecular weight is 353 g/mol. The summed E-state index contributed by atoms with van der Waals surface area (Å²) in [6, 6.07) is 7.32. The third kappa shape index (κ3) is 4.12. The zero-order valence-electron chi connectivity index (χ0n) is 13.7. The number of benzene rings is 1. The van der Waals surface area contributed by atoms with Crippen LogP contribution in [-0.2, 0) is 4.79 Å². The summed E-state index contributed by atoms with van der Waals surface area (Å²) in [5, 5.41) is 2.89. The molecule has 3 N–H and O–H groups in total. The number of halogens is 1. The van der Waals surface area contributed by atoms with Crippen LogP contribution in [0, 0.1) is 5.92 Å². The van der Waals surface area contributed by atoms with E-state index in [9.17, 15) is 9.59 Å². The van der Waals surface area contributed by atoms with Gasteiger partial charge in [0.05, 0.1) is 17.3 Å². The second kappa shape index (κ2) is 8.24. The average Bonchev–Trinajstić information content (AvgIpc) is 3.11. The quantitative estimate of drug-likeness (QED) is 0.803. The van der Waals surface area contributed by atoms with E-state index in [1.165, 1.54) is 0 Å². The number of piperidine rings is 1. The van der Waals surface area contributed by atoms with Crippen molar-refractivity contribution >= 4 is 35.7 Å². The number of nitrogens with two attached hydrogens (primary N) is 1. The van der Waals surface area contributed by atoms with Gasteiger partial charge in [0.1, 0.15) is 0 Å². The highest BCUT2D eigenvalue weighted by Gasteiger charge is 2.31. The van der Waals surface area contributed by atoms with Gasteiger partial charge in [-0.2, -0.15) is 0 Å². The van der Waals surface area contributed by atoms with Crippen molar-refractivity contribution in [3.8, 4) is 0 Å². The lowest BCUT2D eigenvalue weighted by Gasteiger charge is -2.34. The van der Waals surface area contributed by atoms with E-state index in [0.717, 1.165) is 45.3 Å². The van der Waals surface area contributed by atoms with Crippen LogP contribution in [0.1, 0.15) is 25.7 Å². The van der Waals surface area contributed by atoms with Crippen LogP contribution >= 0.6 is 12.4 Å². The molecule has 132 valence electrons. The highest BCUT2D eigenvalue weighted by molar-refractivity contribution is 5.95. The lowest BCUT2D eigenvalue weighted by Crippen LogP contribution is -2.48. The van der Waals surface area contributed by atoms with Crippen molar-refractivity contribution in [3.05, 3.63) is 24.3 Å². The van der Waals surface area contributed by atoms with Gasteiger partial charge in [0, 0.05) is 26.2 Å². The number of amides is 3. The lowest BCUT2D eigenvalue weighted by molar-refractivity contribution is -0.121. The summed E-state index contributed by atoms with van der Waals surface area (Å²) in [6.45, 7) is 2.92. The molecule has 2 fully saturated rings. The molecule has 2 aliphatic rings. The van der Waals surface area contributed by atoms with E-state index in [2.05, 4.69) is 5.32 Å². The number of nitrogen functional groups attached to an aromatic ring is 1. The molecular weight excluding hydrogens is 328 g/mol. The molecule has 0 aromatic heterocycles. The largest absolute Gasteiger partial charge is 0.397 e. The van der Waals surface area contributed by atoms with Gasteiger partial charge in [-0.25, -0.2) is 4.79 Å². The summed E-state index contributed by atoms with van der Waals surface area (Å²) in [4.78, 5) is 28.7. The Bertz CT molecular complexity index is 590. The number of hydrogen-bond acceptors (Lipinski definition) is 3. The number of nitrogens with zero attached hydrogens (tertiary/aromatic N) is 2. The van der Waals surface area contributed by atoms with Crippen LogP contribution in [0.15, 0.2) is 24.3 Å². The van der Waals surface area contributed by atoms with Gasteiger partial charge in [-0.1, -0.05) is 12.1 Å². The van der Waals surface area contributed by atoms with Gasteiger partial charge in [-0.15, -0.1) is 12.4 Å². The molecule has 0 bridgehead atoms. The zero-order chi connectivity index (χ0) is 16.2. The van der Waals surface area contributed by atoms with Crippen LogP contribution in [0.4, 0.5) is 16.2 Å². The van der Waals surface area contributed by atoms with Crippen molar-refractivity contribution in [2.45, 2.75) is 25.7 Å². The van der Waals surface area contributed by atoms with Crippen LogP contribution in [0.25, 0.3) is 0 Å². The summed E-state index contributed by atoms with van der Waals surface area (Å²) >= 11 is 0. The summed E-state index contributed by atoms with van der Waals surface area (Å²) in [7, 11) is 0. The SMILES string of the molecule is Cl.Nc1ccccc1NC(=O)C1CCCN(C(=O)N2CCCC2)C1. The standard InChI is InChI=1S/C17H24N4O2.ClH/c18-14-7-1-2-8-15(14)19-16(22)13-6-5-11-21(12-13)17(23)20-9-3-4-10-20;/h1-2,7-8,13H,3-6,9-12,18H2,(H,19,22);1H. The highest BCUT2D eigenvalue weighted by Crippen LogP contribution is 2.23. The number of hydrogen-bond donors (Lipinski definition) is 2. The molecule has 2 aliphatic heterocycles. The summed E-state index contributed by atoms with van der Waals surface area (Å²) < 4.78 is 0. The number of likely N-dealkylation sites (tertiary alicyclic amines) is 2. The molecule has 2 heterocycles. The summed E-state index contributed by atoms with van der Waals surface area (Å²) in [6.07, 6.45) is 3.83. The number of nitrogens with one attached hydrogen (secondary N) is 1. The van der Waals surface area contributed by atoms with E-state index in [1.54, 1.807) is 12.1 Å². The van der Waals surface area contributed by atoms with Crippen molar-refractivity contribution in [1.82, 2.24) is 9.80 Å². The van der Waals surface area contributed by atoms with E-state index < -0.39 is 0 Å². The molecule has 3 rings (SSSR count). The number of urea groups is 1. The molecule has 0 saturated carbocycles. The normalized spacial score (nSPS) is 20.4. The van der Waals surface area contributed by atoms with Crippen LogP contribution in [0.3, 0.4) is 0 Å². The van der Waals surface area contributed by atoms with E-state index in [4.69, 9.17) is 5.73 Å². The molecular formula is C17H25ClN4O2. The fraction of sp³-hybridized carbons (Fsp3) is 0.529. The molecule has 3 amide bonds. The summed E-state index contributed by atoms with van der Waals surface area (Å²) in [5.74, 6) is -0.225. The second-order valence-corrected chi connectivity index (χ2v) is 6.34. The monoisotopic (exact) mass is 352 g/mol. The Morgan fingerprint density at radius 3 is 2.42 bits per heavy atom. The Balaban J connectivity index is 0.00000208. The molecule has 1 aromatic rings. The summed E-state index contributed by atoms with van der Waals surface area (Å²) in [5.41, 5.74) is 7.07. The van der Waals surface area contributed by atoms with Gasteiger partial charge < -0.3 is 20.9 Å². The minimum atomic E-state index is -0.171. The predicted molar refractivity (Wildman–Crippen MR) is 97.2 cm³/mol. The van der Waals surface area contributed by atoms with Crippen molar-refractivity contribution in [2.75, 3.05) is 37.2 Å². The van der Waals surface area contributed by atoms with Crippen LogP contribution in [0.5, 0.6) is 0 Å². The Morgan fingerprint density at radius 1 is 1.04 bits per heavy atom. The molecule has 0 spiro atoms. The van der Waals surface area contributed by atoms with Gasteiger partial charge in [-0.3, -0.25) is 4.79 Å². The Kier molecular flexibility index (Phi) is 6.31. The Hall–Kier alpha value is -1.95. The first-order valence-electron chi connectivity index (χ1n) is 8.34. The van der Waals surface area contributed by atoms with Gasteiger partial charge in [0.2, 0.25) is 5.91 Å². The van der Waals surface area contributed by atoms with Crippen LogP contribution < -0.4 is 11.1 Å². The van der Waals surface area contributed by atoms with Crippen molar-refractivity contribution < 1.29 is 9.59 Å². The van der Waals surface area contributed by atoms with Crippen molar-refractivity contribution in [1.29, 1.82) is 0 Å². The van der Waals surface area contributed by atoms with Gasteiger partial charge in [-0.05, 0) is 37.8 Å². The maximum atomic E-state index is 12.5. The maximum Gasteiger partial charge on any atom is 0.320 e. The van der Waals surface area contributed by atoms with E-state index >= 15 is 0 Å². The third-order valence-corrected chi connectivity index (χ3v) is 4.66. The molecule has 7 heteroatoms.